The number of hydrogen-bond acceptors (Lipinski definition) is 0. The fraction of sp³-hybridized carbons (Fsp3) is 0.0400. The molecule has 0 fully saturated rings. The van der Waals surface area contributed by atoms with Crippen molar-refractivity contribution >= 4 is 37.5 Å². The Balaban J connectivity index is 1.26. The van der Waals surface area contributed by atoms with E-state index in [1.165, 1.54) is 77.2 Å². The molecule has 0 radical (unpaired) electrons. The largest absolute Gasteiger partial charge is 0.0925 e. The summed E-state index contributed by atoms with van der Waals surface area (Å²) in [5.74, 6) is 11.6. The molecule has 240 valence electrons. The van der Waals surface area contributed by atoms with Crippen molar-refractivity contribution < 1.29 is 0 Å². The molecule has 0 N–H and O–H groups in total. The second-order valence-corrected chi connectivity index (χ2v) is 13.6. The van der Waals surface area contributed by atoms with Gasteiger partial charge in [-0.3, -0.25) is 0 Å². The van der Waals surface area contributed by atoms with Gasteiger partial charge in [-0.2, -0.15) is 0 Å². The predicted molar refractivity (Wildman–Crippen MR) is 221 cm³/mol. The first-order valence-corrected chi connectivity index (χ1v) is 17.9. The highest BCUT2D eigenvalue weighted by molar-refractivity contribution is 9.10. The highest BCUT2D eigenvalue weighted by Crippen LogP contribution is 2.44. The van der Waals surface area contributed by atoms with E-state index in [-0.39, 0.29) is 0 Å². The Labute approximate surface area is 308 Å². The van der Waals surface area contributed by atoms with Crippen molar-refractivity contribution in [3.05, 3.63) is 179 Å². The molecule has 0 heterocycles. The van der Waals surface area contributed by atoms with Crippen molar-refractivity contribution in [3.63, 3.8) is 0 Å². The van der Waals surface area contributed by atoms with Gasteiger partial charge in [-0.15, -0.1) is 0 Å². The van der Waals surface area contributed by atoms with E-state index in [9.17, 15) is 0 Å². The maximum atomic E-state index is 3.95. The topological polar surface area (TPSA) is 0 Å². The monoisotopic (exact) mass is 712 g/mol. The zero-order valence-electron chi connectivity index (χ0n) is 28.5. The molecule has 0 unspecified atom stereocenters. The minimum Gasteiger partial charge on any atom is -0.0925 e. The lowest BCUT2D eigenvalue weighted by Gasteiger charge is -2.17. The van der Waals surface area contributed by atoms with E-state index in [4.69, 9.17) is 0 Å². The van der Waals surface area contributed by atoms with Crippen molar-refractivity contribution in [2.24, 2.45) is 0 Å². The number of benzene rings is 8. The third-order valence-corrected chi connectivity index (χ3v) is 10.4. The number of fused-ring (bicyclic) bond motifs is 2. The normalized spacial score (nSPS) is 10.7. The van der Waals surface area contributed by atoms with Gasteiger partial charge in [-0.05, 0) is 149 Å². The Hall–Kier alpha value is -6.12. The molecule has 8 rings (SSSR count). The first-order valence-electron chi connectivity index (χ1n) is 17.1. The Morgan fingerprint density at radius 3 is 1.22 bits per heavy atom. The van der Waals surface area contributed by atoms with Crippen LogP contribution in [0.4, 0.5) is 0 Å². The zero-order valence-corrected chi connectivity index (χ0v) is 30.1. The number of rotatable bonds is 5. The van der Waals surface area contributed by atoms with Crippen LogP contribution in [0.3, 0.4) is 0 Å². The SMILES string of the molecule is CC#CC#Cc1ccc(-c2ccc(-c3cc(-c4ccc(-c5ccc(C)cc5)cc4)cc(-c4c5ccccc5c(Br)c5ccccc45)c3)cc2)cc1. The summed E-state index contributed by atoms with van der Waals surface area (Å²) in [6, 6.07) is 59.4. The molecule has 0 saturated heterocycles. The van der Waals surface area contributed by atoms with E-state index in [2.05, 4.69) is 210 Å². The van der Waals surface area contributed by atoms with Crippen LogP contribution < -0.4 is 0 Å². The van der Waals surface area contributed by atoms with Crippen molar-refractivity contribution in [3.8, 4) is 79.3 Å². The third kappa shape index (κ3) is 6.49. The predicted octanol–water partition coefficient (Wildman–Crippen LogP) is 13.8. The molecule has 0 aliphatic rings. The molecule has 0 amide bonds. The van der Waals surface area contributed by atoms with Gasteiger partial charge in [0.1, 0.15) is 0 Å². The molecule has 0 aliphatic carbocycles. The lowest BCUT2D eigenvalue weighted by atomic mass is 9.88. The second-order valence-electron chi connectivity index (χ2n) is 12.8. The highest BCUT2D eigenvalue weighted by Gasteiger charge is 2.16. The molecule has 8 aromatic rings. The Morgan fingerprint density at radius 2 is 0.765 bits per heavy atom. The minimum absolute atomic E-state index is 0.961. The average molecular weight is 714 g/mol. The number of aryl methyl sites for hydroxylation is 1. The summed E-state index contributed by atoms with van der Waals surface area (Å²) < 4.78 is 1.13. The van der Waals surface area contributed by atoms with Gasteiger partial charge in [0.15, 0.2) is 0 Å². The van der Waals surface area contributed by atoms with Gasteiger partial charge < -0.3 is 0 Å². The molecule has 0 aromatic heterocycles. The molecule has 51 heavy (non-hydrogen) atoms. The lowest BCUT2D eigenvalue weighted by Crippen LogP contribution is -1.90. The van der Waals surface area contributed by atoms with Gasteiger partial charge >= 0.3 is 0 Å². The lowest BCUT2D eigenvalue weighted by molar-refractivity contribution is 1.47. The first-order chi connectivity index (χ1) is 25.1. The Kier molecular flexibility index (Phi) is 8.82. The summed E-state index contributed by atoms with van der Waals surface area (Å²) in [4.78, 5) is 0. The van der Waals surface area contributed by atoms with Crippen LogP contribution in [0.1, 0.15) is 18.1 Å². The summed E-state index contributed by atoms with van der Waals surface area (Å²) in [6.45, 7) is 3.93. The molecule has 0 nitrogen and oxygen atoms in total. The van der Waals surface area contributed by atoms with Crippen LogP contribution in [-0.2, 0) is 0 Å². The Bertz CT molecular complexity index is 2620. The van der Waals surface area contributed by atoms with E-state index in [0.29, 0.717) is 0 Å². The Morgan fingerprint density at radius 1 is 0.392 bits per heavy atom. The molecule has 8 aromatic carbocycles. The molecule has 0 saturated carbocycles. The minimum atomic E-state index is 0.961. The molecular weight excluding hydrogens is 680 g/mol. The van der Waals surface area contributed by atoms with Crippen LogP contribution in [0.25, 0.3) is 77.2 Å². The van der Waals surface area contributed by atoms with Crippen molar-refractivity contribution in [2.75, 3.05) is 0 Å². The van der Waals surface area contributed by atoms with Gasteiger partial charge in [0, 0.05) is 10.0 Å². The number of halogens is 1. The van der Waals surface area contributed by atoms with Crippen molar-refractivity contribution in [2.45, 2.75) is 13.8 Å². The van der Waals surface area contributed by atoms with Crippen molar-refractivity contribution in [1.29, 1.82) is 0 Å². The average Bonchev–Trinajstić information content (AvgIpc) is 3.19. The maximum absolute atomic E-state index is 3.95. The smallest absolute Gasteiger partial charge is 0.0332 e. The van der Waals surface area contributed by atoms with E-state index in [1.54, 1.807) is 6.92 Å². The van der Waals surface area contributed by atoms with Crippen LogP contribution in [0.15, 0.2) is 168 Å². The van der Waals surface area contributed by atoms with Crippen LogP contribution in [0, 0.1) is 30.6 Å². The fourth-order valence-electron chi connectivity index (χ4n) is 6.86. The van der Waals surface area contributed by atoms with Gasteiger partial charge in [-0.25, -0.2) is 0 Å². The highest BCUT2D eigenvalue weighted by atomic mass is 79.9. The third-order valence-electron chi connectivity index (χ3n) is 9.52. The zero-order chi connectivity index (χ0) is 34.7. The van der Waals surface area contributed by atoms with Crippen LogP contribution in [0.2, 0.25) is 0 Å². The molecule has 0 aliphatic heterocycles. The van der Waals surface area contributed by atoms with Crippen molar-refractivity contribution in [1.82, 2.24) is 0 Å². The van der Waals surface area contributed by atoms with E-state index >= 15 is 0 Å². The molecule has 1 heteroatoms. The quantitative estimate of drug-likeness (QED) is 0.123. The summed E-state index contributed by atoms with van der Waals surface area (Å²) in [7, 11) is 0. The maximum Gasteiger partial charge on any atom is 0.0332 e. The van der Waals surface area contributed by atoms with Crippen LogP contribution in [0.5, 0.6) is 0 Å². The van der Waals surface area contributed by atoms with Crippen LogP contribution in [-0.4, -0.2) is 0 Å². The van der Waals surface area contributed by atoms with Gasteiger partial charge in [-0.1, -0.05) is 151 Å². The first kappa shape index (κ1) is 32.1. The van der Waals surface area contributed by atoms with Gasteiger partial charge in [0.05, 0.1) is 0 Å². The second kappa shape index (κ2) is 14.0. The summed E-state index contributed by atoms with van der Waals surface area (Å²) in [5, 5.41) is 4.87. The molecule has 0 bridgehead atoms. The summed E-state index contributed by atoms with van der Waals surface area (Å²) in [6.07, 6.45) is 0. The van der Waals surface area contributed by atoms with E-state index in [1.807, 2.05) is 0 Å². The standard InChI is InChI=1S/C50H33Br/c1-3-4-5-10-35-17-21-37(22-18-35)39-25-29-41(30-26-39)43-31-42(40-27-23-38(24-28-40)36-19-15-34(2)16-20-36)32-44(33-43)49-45-11-6-8-13-47(45)50(51)48-14-9-7-12-46(48)49/h6-9,11-33H,1-2H3. The number of hydrogen-bond donors (Lipinski definition) is 0. The van der Waals surface area contributed by atoms with Gasteiger partial charge in [0.2, 0.25) is 0 Å². The molecular formula is C50H33Br. The van der Waals surface area contributed by atoms with Crippen LogP contribution >= 0.6 is 15.9 Å². The summed E-state index contributed by atoms with van der Waals surface area (Å²) in [5.41, 5.74) is 14.1. The fourth-order valence-corrected chi connectivity index (χ4v) is 7.55. The molecule has 0 atom stereocenters. The summed E-state index contributed by atoms with van der Waals surface area (Å²) >= 11 is 3.95. The van der Waals surface area contributed by atoms with E-state index in [0.717, 1.165) is 15.6 Å². The van der Waals surface area contributed by atoms with Gasteiger partial charge in [0.25, 0.3) is 0 Å². The molecule has 0 spiro atoms. The van der Waals surface area contributed by atoms with E-state index < -0.39 is 0 Å².